The van der Waals surface area contributed by atoms with Gasteiger partial charge in [0.2, 0.25) is 0 Å². The van der Waals surface area contributed by atoms with Crippen molar-refractivity contribution in [1.82, 2.24) is 9.99 Å². The highest BCUT2D eigenvalue weighted by atomic mass is 32.1. The number of rotatable bonds is 2. The maximum atomic E-state index is 12.9. The largest absolute Gasteiger partial charge is 0.295 e. The van der Waals surface area contributed by atoms with E-state index in [0.717, 1.165) is 15.3 Å². The molecule has 2 rings (SSSR count). The topological polar surface area (TPSA) is 28.2 Å². The Morgan fingerprint density at radius 2 is 2.21 bits per heavy atom. The maximum absolute atomic E-state index is 12.9. The van der Waals surface area contributed by atoms with Gasteiger partial charge in [-0.15, -0.1) is 0 Å². The van der Waals surface area contributed by atoms with Crippen molar-refractivity contribution >= 4 is 26.7 Å². The first-order valence-corrected chi connectivity index (χ1v) is 4.97. The van der Waals surface area contributed by atoms with Crippen molar-refractivity contribution in [1.29, 1.82) is 0 Å². The number of nitrogens with zero attached hydrogens (tertiary/aromatic N) is 2. The molecule has 0 spiro atoms. The van der Waals surface area contributed by atoms with Gasteiger partial charge in [-0.1, -0.05) is 11.3 Å². The van der Waals surface area contributed by atoms with Crippen LogP contribution in [0.4, 0.5) is 9.52 Å². The molecule has 0 fully saturated rings. The minimum atomic E-state index is -0.224. The van der Waals surface area contributed by atoms with E-state index in [-0.39, 0.29) is 5.82 Å². The number of hydrazine groups is 1. The fraction of sp³-hybridized carbons (Fsp3) is 0.222. The molecule has 0 atom stereocenters. The van der Waals surface area contributed by atoms with Gasteiger partial charge in [-0.05, 0) is 18.2 Å². The smallest absolute Gasteiger partial charge is 0.198 e. The van der Waals surface area contributed by atoms with Crippen LogP contribution in [0.25, 0.3) is 10.2 Å². The molecule has 0 saturated heterocycles. The lowest BCUT2D eigenvalue weighted by Gasteiger charge is -2.08. The van der Waals surface area contributed by atoms with Crippen molar-refractivity contribution in [3.05, 3.63) is 24.0 Å². The molecular formula is C9H10FN3S. The summed E-state index contributed by atoms with van der Waals surface area (Å²) in [6, 6.07) is 4.59. The molecule has 5 heteroatoms. The van der Waals surface area contributed by atoms with E-state index in [1.807, 2.05) is 14.1 Å². The minimum absolute atomic E-state index is 0.224. The van der Waals surface area contributed by atoms with Gasteiger partial charge in [0.1, 0.15) is 5.82 Å². The first-order valence-electron chi connectivity index (χ1n) is 4.15. The average Bonchev–Trinajstić information content (AvgIpc) is 2.44. The van der Waals surface area contributed by atoms with Gasteiger partial charge in [0.25, 0.3) is 0 Å². The Kier molecular flexibility index (Phi) is 2.35. The summed E-state index contributed by atoms with van der Waals surface area (Å²) in [5.74, 6) is -0.224. The number of aromatic nitrogens is 1. The van der Waals surface area contributed by atoms with E-state index < -0.39 is 0 Å². The molecule has 0 saturated carbocycles. The summed E-state index contributed by atoms with van der Waals surface area (Å²) in [5.41, 5.74) is 3.85. The maximum Gasteiger partial charge on any atom is 0.198 e. The van der Waals surface area contributed by atoms with Crippen molar-refractivity contribution in [2.45, 2.75) is 0 Å². The van der Waals surface area contributed by atoms with Crippen LogP contribution in [0.2, 0.25) is 0 Å². The summed E-state index contributed by atoms with van der Waals surface area (Å²) in [7, 11) is 3.76. The van der Waals surface area contributed by atoms with Crippen molar-refractivity contribution in [2.75, 3.05) is 19.5 Å². The van der Waals surface area contributed by atoms with Crippen molar-refractivity contribution in [3.8, 4) is 0 Å². The predicted octanol–water partition coefficient (Wildman–Crippen LogP) is 2.32. The number of benzene rings is 1. The summed E-state index contributed by atoms with van der Waals surface area (Å²) < 4.78 is 13.7. The average molecular weight is 211 g/mol. The van der Waals surface area contributed by atoms with Crippen LogP contribution in [-0.2, 0) is 0 Å². The quantitative estimate of drug-likeness (QED) is 0.773. The number of halogens is 1. The van der Waals surface area contributed by atoms with Crippen LogP contribution in [0.15, 0.2) is 18.2 Å². The first-order chi connectivity index (χ1) is 6.65. The Bertz CT molecular complexity index is 452. The van der Waals surface area contributed by atoms with Gasteiger partial charge in [-0.3, -0.25) is 5.43 Å². The molecule has 1 aromatic heterocycles. The highest BCUT2D eigenvalue weighted by Gasteiger charge is 2.04. The number of hydrogen-bond donors (Lipinski definition) is 1. The third-order valence-corrected chi connectivity index (χ3v) is 2.59. The molecule has 0 aliphatic heterocycles. The molecule has 0 aliphatic rings. The third-order valence-electron chi connectivity index (χ3n) is 1.67. The summed E-state index contributed by atoms with van der Waals surface area (Å²) in [5, 5.41) is 2.57. The van der Waals surface area contributed by atoms with E-state index >= 15 is 0 Å². The second-order valence-corrected chi connectivity index (χ2v) is 4.17. The third kappa shape index (κ3) is 1.83. The first kappa shape index (κ1) is 9.36. The molecule has 1 heterocycles. The number of nitrogens with one attached hydrogen (secondary N) is 1. The molecule has 0 unspecified atom stereocenters. The number of anilines is 1. The second-order valence-electron chi connectivity index (χ2n) is 3.14. The molecule has 1 N–H and O–H groups in total. The Morgan fingerprint density at radius 3 is 2.93 bits per heavy atom. The number of fused-ring (bicyclic) bond motifs is 1. The van der Waals surface area contributed by atoms with Crippen molar-refractivity contribution in [3.63, 3.8) is 0 Å². The Labute approximate surface area is 85.1 Å². The zero-order valence-corrected chi connectivity index (χ0v) is 8.73. The molecule has 3 nitrogen and oxygen atoms in total. The fourth-order valence-corrected chi connectivity index (χ4v) is 2.11. The Balaban J connectivity index is 2.41. The lowest BCUT2D eigenvalue weighted by molar-refractivity contribution is 0.495. The monoisotopic (exact) mass is 211 g/mol. The molecule has 0 bridgehead atoms. The summed E-state index contributed by atoms with van der Waals surface area (Å²) in [6.45, 7) is 0. The van der Waals surface area contributed by atoms with Crippen LogP contribution in [0.5, 0.6) is 0 Å². The van der Waals surface area contributed by atoms with Gasteiger partial charge >= 0.3 is 0 Å². The SMILES string of the molecule is CN(C)Nc1nc2ccc(F)cc2s1. The van der Waals surface area contributed by atoms with Gasteiger partial charge < -0.3 is 0 Å². The predicted molar refractivity (Wildman–Crippen MR) is 56.9 cm³/mol. The standard InChI is InChI=1S/C9H10FN3S/c1-13(2)12-9-11-7-4-3-6(10)5-8(7)14-9/h3-5H,1-2H3,(H,11,12). The van der Waals surface area contributed by atoms with E-state index in [4.69, 9.17) is 0 Å². The summed E-state index contributed by atoms with van der Waals surface area (Å²) >= 11 is 1.44. The van der Waals surface area contributed by atoms with Gasteiger partial charge in [-0.25, -0.2) is 14.4 Å². The van der Waals surface area contributed by atoms with Crippen LogP contribution in [-0.4, -0.2) is 24.1 Å². The van der Waals surface area contributed by atoms with Crippen LogP contribution in [0, 0.1) is 5.82 Å². The van der Waals surface area contributed by atoms with Crippen LogP contribution in [0.3, 0.4) is 0 Å². The molecule has 14 heavy (non-hydrogen) atoms. The molecule has 0 radical (unpaired) electrons. The lowest BCUT2D eigenvalue weighted by atomic mass is 10.3. The Hall–Kier alpha value is -1.20. The Morgan fingerprint density at radius 1 is 1.43 bits per heavy atom. The van der Waals surface area contributed by atoms with E-state index in [9.17, 15) is 4.39 Å². The van der Waals surface area contributed by atoms with Gasteiger partial charge in [0.15, 0.2) is 5.13 Å². The second kappa shape index (κ2) is 3.51. The zero-order valence-electron chi connectivity index (χ0n) is 7.91. The molecule has 1 aromatic carbocycles. The van der Waals surface area contributed by atoms with Gasteiger partial charge in [-0.2, -0.15) is 0 Å². The lowest BCUT2D eigenvalue weighted by Crippen LogP contribution is -2.19. The van der Waals surface area contributed by atoms with Crippen LogP contribution >= 0.6 is 11.3 Å². The van der Waals surface area contributed by atoms with E-state index in [1.165, 1.54) is 23.5 Å². The molecule has 0 aliphatic carbocycles. The fourth-order valence-electron chi connectivity index (χ4n) is 1.14. The number of hydrogen-bond acceptors (Lipinski definition) is 4. The number of thiazole rings is 1. The van der Waals surface area contributed by atoms with Crippen molar-refractivity contribution < 1.29 is 4.39 Å². The van der Waals surface area contributed by atoms with Crippen LogP contribution in [0.1, 0.15) is 0 Å². The van der Waals surface area contributed by atoms with E-state index in [1.54, 1.807) is 11.1 Å². The van der Waals surface area contributed by atoms with Crippen LogP contribution < -0.4 is 5.43 Å². The van der Waals surface area contributed by atoms with Crippen molar-refractivity contribution in [2.24, 2.45) is 0 Å². The normalized spacial score (nSPS) is 11.1. The summed E-state index contributed by atoms with van der Waals surface area (Å²) in [6.07, 6.45) is 0. The molecular weight excluding hydrogens is 201 g/mol. The molecule has 2 aromatic rings. The highest BCUT2D eigenvalue weighted by Crippen LogP contribution is 2.26. The van der Waals surface area contributed by atoms with E-state index in [2.05, 4.69) is 10.4 Å². The van der Waals surface area contributed by atoms with Gasteiger partial charge in [0, 0.05) is 14.1 Å². The summed E-state index contributed by atoms with van der Waals surface area (Å²) in [4.78, 5) is 4.29. The molecule has 74 valence electrons. The highest BCUT2D eigenvalue weighted by molar-refractivity contribution is 7.22. The van der Waals surface area contributed by atoms with E-state index in [0.29, 0.717) is 0 Å². The zero-order chi connectivity index (χ0) is 10.1. The minimum Gasteiger partial charge on any atom is -0.295 e. The molecule has 0 amide bonds. The van der Waals surface area contributed by atoms with Gasteiger partial charge in [0.05, 0.1) is 10.2 Å².